The van der Waals surface area contributed by atoms with Gasteiger partial charge >= 0.3 is 6.03 Å². The predicted molar refractivity (Wildman–Crippen MR) is 116 cm³/mol. The number of benzene rings is 3. The Balaban J connectivity index is 1.96. The maximum absolute atomic E-state index is 13.3. The van der Waals surface area contributed by atoms with Crippen molar-refractivity contribution in [3.8, 4) is 0 Å². The molecule has 0 radical (unpaired) electrons. The number of hydrogen-bond acceptors (Lipinski definition) is 2. The number of carbonyl (C=O) groups excluding carboxylic acids is 1. The van der Waals surface area contributed by atoms with E-state index in [1.54, 1.807) is 23.9 Å². The van der Waals surface area contributed by atoms with E-state index in [-0.39, 0.29) is 6.03 Å². The second-order valence-electron chi connectivity index (χ2n) is 6.79. The van der Waals surface area contributed by atoms with E-state index in [1.807, 2.05) is 86.6 Å². The summed E-state index contributed by atoms with van der Waals surface area (Å²) in [6, 6.07) is 22.6. The highest BCUT2D eigenvalue weighted by molar-refractivity contribution is 7.85. The average Bonchev–Trinajstić information content (AvgIpc) is 2.72. The third-order valence-electron chi connectivity index (χ3n) is 4.63. The maximum atomic E-state index is 13.3. The fourth-order valence-electron chi connectivity index (χ4n) is 2.93. The van der Waals surface area contributed by atoms with Gasteiger partial charge in [0.2, 0.25) is 0 Å². The van der Waals surface area contributed by atoms with E-state index in [1.165, 1.54) is 0 Å². The molecule has 0 fully saturated rings. The van der Waals surface area contributed by atoms with E-state index in [0.29, 0.717) is 10.6 Å². The normalized spacial score (nSPS) is 11.7. The molecular formula is C23H24N2O2S. The minimum absolute atomic E-state index is 0.197. The zero-order valence-electron chi connectivity index (χ0n) is 16.5. The Labute approximate surface area is 168 Å². The number of amides is 2. The lowest BCUT2D eigenvalue weighted by Gasteiger charge is -2.26. The van der Waals surface area contributed by atoms with Gasteiger partial charge in [-0.1, -0.05) is 42.0 Å². The standard InChI is InChI=1S/C23H24N2O2S/c1-17-10-13-20(14-11-17)28(27)22-16-18(2)12-15-21(22)25(4)23(26)24(3)19-8-6-5-7-9-19/h5-16H,1-4H3/t28-/m0/s1. The highest BCUT2D eigenvalue weighted by Gasteiger charge is 2.22. The Hall–Kier alpha value is -2.92. The molecule has 0 N–H and O–H groups in total. The van der Waals surface area contributed by atoms with Gasteiger partial charge in [-0.15, -0.1) is 0 Å². The first-order chi connectivity index (χ1) is 13.4. The summed E-state index contributed by atoms with van der Waals surface area (Å²) in [5.74, 6) is 0. The monoisotopic (exact) mass is 392 g/mol. The minimum atomic E-state index is -1.38. The topological polar surface area (TPSA) is 40.6 Å². The first kappa shape index (κ1) is 19.8. The highest BCUT2D eigenvalue weighted by atomic mass is 32.2. The molecule has 1 atom stereocenters. The van der Waals surface area contributed by atoms with E-state index in [9.17, 15) is 9.00 Å². The number of anilines is 2. The third-order valence-corrected chi connectivity index (χ3v) is 6.06. The zero-order chi connectivity index (χ0) is 20.3. The summed E-state index contributed by atoms with van der Waals surface area (Å²) < 4.78 is 13.3. The molecule has 28 heavy (non-hydrogen) atoms. The predicted octanol–water partition coefficient (Wildman–Crippen LogP) is 5.16. The molecule has 4 nitrogen and oxygen atoms in total. The van der Waals surface area contributed by atoms with E-state index < -0.39 is 10.8 Å². The van der Waals surface area contributed by atoms with Crippen LogP contribution in [-0.2, 0) is 10.8 Å². The Morgan fingerprint density at radius 2 is 1.39 bits per heavy atom. The molecule has 0 aliphatic heterocycles. The van der Waals surface area contributed by atoms with Crippen LogP contribution in [0.25, 0.3) is 0 Å². The van der Waals surface area contributed by atoms with Crippen LogP contribution >= 0.6 is 0 Å². The van der Waals surface area contributed by atoms with E-state index in [4.69, 9.17) is 0 Å². The number of aryl methyl sites for hydroxylation is 2. The second-order valence-corrected chi connectivity index (χ2v) is 8.24. The van der Waals surface area contributed by atoms with Crippen molar-refractivity contribution in [2.24, 2.45) is 0 Å². The lowest BCUT2D eigenvalue weighted by molar-refractivity contribution is 0.253. The molecule has 0 aromatic heterocycles. The summed E-state index contributed by atoms with van der Waals surface area (Å²) in [5, 5.41) is 0. The SMILES string of the molecule is Cc1ccc([S@](=O)c2cc(C)ccc2N(C)C(=O)N(C)c2ccccc2)cc1. The van der Waals surface area contributed by atoms with Crippen molar-refractivity contribution in [3.63, 3.8) is 0 Å². The van der Waals surface area contributed by atoms with Gasteiger partial charge < -0.3 is 0 Å². The van der Waals surface area contributed by atoms with Crippen molar-refractivity contribution in [3.05, 3.63) is 83.9 Å². The van der Waals surface area contributed by atoms with Crippen molar-refractivity contribution < 1.29 is 9.00 Å². The molecule has 0 saturated carbocycles. The van der Waals surface area contributed by atoms with Gasteiger partial charge in [-0.05, 0) is 55.8 Å². The number of urea groups is 1. The maximum Gasteiger partial charge on any atom is 0.328 e. The molecule has 144 valence electrons. The first-order valence-corrected chi connectivity index (χ1v) is 10.2. The fraction of sp³-hybridized carbons (Fsp3) is 0.174. The van der Waals surface area contributed by atoms with Crippen molar-refractivity contribution in [1.82, 2.24) is 0 Å². The first-order valence-electron chi connectivity index (χ1n) is 9.04. The summed E-state index contributed by atoms with van der Waals surface area (Å²) in [6.45, 7) is 3.95. The Morgan fingerprint density at radius 1 is 0.786 bits per heavy atom. The summed E-state index contributed by atoms with van der Waals surface area (Å²) in [7, 11) is 2.06. The zero-order valence-corrected chi connectivity index (χ0v) is 17.4. The van der Waals surface area contributed by atoms with Gasteiger partial charge in [0.1, 0.15) is 0 Å². The van der Waals surface area contributed by atoms with Crippen molar-refractivity contribution in [2.45, 2.75) is 23.6 Å². The van der Waals surface area contributed by atoms with Gasteiger partial charge in [0, 0.05) is 24.7 Å². The highest BCUT2D eigenvalue weighted by Crippen LogP contribution is 2.29. The number of carbonyl (C=O) groups is 1. The quantitative estimate of drug-likeness (QED) is 0.615. The van der Waals surface area contributed by atoms with Crippen LogP contribution in [0.2, 0.25) is 0 Å². The Morgan fingerprint density at radius 3 is 2.04 bits per heavy atom. The summed E-state index contributed by atoms with van der Waals surface area (Å²) >= 11 is 0. The molecule has 0 aliphatic rings. The number of nitrogens with zero attached hydrogens (tertiary/aromatic N) is 2. The van der Waals surface area contributed by atoms with Crippen molar-refractivity contribution in [2.75, 3.05) is 23.9 Å². The van der Waals surface area contributed by atoms with E-state index in [2.05, 4.69) is 0 Å². The largest absolute Gasteiger partial charge is 0.328 e. The van der Waals surface area contributed by atoms with Crippen LogP contribution in [0.3, 0.4) is 0 Å². The van der Waals surface area contributed by atoms with Crippen LogP contribution in [0.1, 0.15) is 11.1 Å². The molecule has 2 amide bonds. The number of rotatable bonds is 4. The average molecular weight is 393 g/mol. The Bertz CT molecular complexity index is 1000. The van der Waals surface area contributed by atoms with Crippen LogP contribution in [-0.4, -0.2) is 24.3 Å². The number of para-hydroxylation sites is 1. The van der Waals surface area contributed by atoms with Gasteiger partial charge in [-0.3, -0.25) is 9.80 Å². The molecule has 0 aliphatic carbocycles. The smallest absolute Gasteiger partial charge is 0.297 e. The van der Waals surface area contributed by atoms with E-state index in [0.717, 1.165) is 21.7 Å². The van der Waals surface area contributed by atoms with Gasteiger partial charge in [-0.2, -0.15) is 0 Å². The molecule has 0 saturated heterocycles. The van der Waals surface area contributed by atoms with Gasteiger partial charge in [0.05, 0.1) is 21.4 Å². The molecule has 3 rings (SSSR count). The van der Waals surface area contributed by atoms with Crippen LogP contribution in [0.4, 0.5) is 16.2 Å². The summed E-state index contributed by atoms with van der Waals surface area (Å²) in [5.41, 5.74) is 3.54. The van der Waals surface area contributed by atoms with Crippen LogP contribution < -0.4 is 9.80 Å². The molecular weight excluding hydrogens is 368 g/mol. The molecule has 0 spiro atoms. The molecule has 0 heterocycles. The van der Waals surface area contributed by atoms with E-state index >= 15 is 0 Å². The molecule has 3 aromatic carbocycles. The fourth-order valence-corrected chi connectivity index (χ4v) is 4.25. The molecule has 0 bridgehead atoms. The van der Waals surface area contributed by atoms with Crippen LogP contribution in [0.5, 0.6) is 0 Å². The summed E-state index contributed by atoms with van der Waals surface area (Å²) in [4.78, 5) is 17.5. The van der Waals surface area contributed by atoms with Gasteiger partial charge in [0.15, 0.2) is 0 Å². The van der Waals surface area contributed by atoms with Gasteiger partial charge in [0.25, 0.3) is 0 Å². The third kappa shape index (κ3) is 4.15. The Kier molecular flexibility index (Phi) is 5.95. The molecule has 3 aromatic rings. The molecule has 5 heteroatoms. The van der Waals surface area contributed by atoms with Crippen LogP contribution in [0, 0.1) is 13.8 Å². The summed E-state index contributed by atoms with van der Waals surface area (Å²) in [6.07, 6.45) is 0. The van der Waals surface area contributed by atoms with Gasteiger partial charge in [-0.25, -0.2) is 9.00 Å². The molecule has 0 unspecified atom stereocenters. The minimum Gasteiger partial charge on any atom is -0.297 e. The van der Waals surface area contributed by atoms with Crippen molar-refractivity contribution >= 4 is 28.2 Å². The lowest BCUT2D eigenvalue weighted by atomic mass is 10.2. The van der Waals surface area contributed by atoms with Crippen LogP contribution in [0.15, 0.2) is 82.6 Å². The lowest BCUT2D eigenvalue weighted by Crippen LogP contribution is -2.39. The number of hydrogen-bond donors (Lipinski definition) is 0. The van der Waals surface area contributed by atoms with Crippen molar-refractivity contribution in [1.29, 1.82) is 0 Å². The second kappa shape index (κ2) is 8.40.